The highest BCUT2D eigenvalue weighted by Crippen LogP contribution is 2.41. The number of nitrogens with zero attached hydrogens (tertiary/aromatic N) is 1. The number of hydrogen-bond acceptors (Lipinski definition) is 4. The topological polar surface area (TPSA) is 66.5 Å². The average molecular weight is 449 g/mol. The summed E-state index contributed by atoms with van der Waals surface area (Å²) in [7, 11) is 0. The average Bonchev–Trinajstić information content (AvgIpc) is 2.90. The van der Waals surface area contributed by atoms with Crippen molar-refractivity contribution in [3.63, 3.8) is 0 Å². The van der Waals surface area contributed by atoms with E-state index in [1.54, 1.807) is 13.8 Å². The van der Waals surface area contributed by atoms with Gasteiger partial charge in [-0.3, -0.25) is 14.4 Å². The summed E-state index contributed by atoms with van der Waals surface area (Å²) >= 11 is 0. The lowest BCUT2D eigenvalue weighted by Gasteiger charge is -2.25. The summed E-state index contributed by atoms with van der Waals surface area (Å²) in [4.78, 5) is 37.5. The van der Waals surface area contributed by atoms with Crippen LogP contribution in [0.25, 0.3) is 0 Å². The summed E-state index contributed by atoms with van der Waals surface area (Å²) in [6, 6.07) is 0. The van der Waals surface area contributed by atoms with E-state index in [4.69, 9.17) is 0 Å². The number of imide groups is 3. The van der Waals surface area contributed by atoms with Crippen LogP contribution in [0.3, 0.4) is 0 Å². The summed E-state index contributed by atoms with van der Waals surface area (Å²) in [6.07, 6.45) is 16.0. The zero-order valence-corrected chi connectivity index (χ0v) is 21.4. The van der Waals surface area contributed by atoms with E-state index in [0.29, 0.717) is 11.8 Å². The maximum Gasteiger partial charge on any atom is 0.242 e. The Balaban J connectivity index is 1.57. The third-order valence-corrected chi connectivity index (χ3v) is 7.98. The second-order valence-electron chi connectivity index (χ2n) is 11.7. The van der Waals surface area contributed by atoms with Gasteiger partial charge in [0.2, 0.25) is 17.7 Å². The van der Waals surface area contributed by atoms with Gasteiger partial charge in [-0.05, 0) is 56.5 Å². The number of unbranched alkanes of at least 4 members (excludes halogenated alkanes) is 5. The Hall–Kier alpha value is -1.23. The fourth-order valence-corrected chi connectivity index (χ4v) is 5.60. The highest BCUT2D eigenvalue weighted by Gasteiger charge is 2.54. The molecule has 0 bridgehead atoms. The molecule has 1 unspecified atom stereocenters. The van der Waals surface area contributed by atoms with Crippen LogP contribution in [-0.2, 0) is 14.4 Å². The number of carbonyl (C=O) groups is 3. The smallest absolute Gasteiger partial charge is 0.242 e. The number of piperidine rings is 1. The molecule has 3 amide bonds. The van der Waals surface area contributed by atoms with Crippen molar-refractivity contribution < 1.29 is 14.4 Å². The Morgan fingerprint density at radius 2 is 1.47 bits per heavy atom. The molecule has 184 valence electrons. The van der Waals surface area contributed by atoms with E-state index in [-0.39, 0.29) is 17.7 Å². The van der Waals surface area contributed by atoms with Crippen LogP contribution in [0.1, 0.15) is 118 Å². The zero-order valence-electron chi connectivity index (χ0n) is 21.4. The fraction of sp³-hybridized carbons (Fsp3) is 0.889. The molecule has 5 heteroatoms. The first-order chi connectivity index (χ1) is 15.1. The van der Waals surface area contributed by atoms with E-state index in [2.05, 4.69) is 19.2 Å². The van der Waals surface area contributed by atoms with Crippen LogP contribution in [0, 0.1) is 22.7 Å². The number of carbonyl (C=O) groups excluding carboxylic acids is 3. The van der Waals surface area contributed by atoms with Crippen LogP contribution >= 0.6 is 0 Å². The van der Waals surface area contributed by atoms with Crippen LogP contribution in [0.15, 0.2) is 0 Å². The summed E-state index contributed by atoms with van der Waals surface area (Å²) in [5, 5.41) is 3.45. The Labute approximate surface area is 196 Å². The molecule has 0 radical (unpaired) electrons. The van der Waals surface area contributed by atoms with Crippen molar-refractivity contribution in [1.82, 2.24) is 10.2 Å². The van der Waals surface area contributed by atoms with Crippen LogP contribution < -0.4 is 5.32 Å². The SMILES string of the molecule is CC(=O)N1C(=O)C(CCCCCC(C)(C)CCCCCCC2CCNCC2)C(C)(C)C1=O. The molecule has 1 N–H and O–H groups in total. The van der Waals surface area contributed by atoms with Gasteiger partial charge >= 0.3 is 0 Å². The first kappa shape index (κ1) is 27.0. The number of hydrogen-bond donors (Lipinski definition) is 1. The van der Waals surface area contributed by atoms with E-state index in [0.717, 1.165) is 30.1 Å². The van der Waals surface area contributed by atoms with E-state index in [1.165, 1.54) is 77.8 Å². The molecule has 5 nitrogen and oxygen atoms in total. The lowest BCUT2D eigenvalue weighted by Crippen LogP contribution is -2.36. The van der Waals surface area contributed by atoms with Gasteiger partial charge < -0.3 is 5.32 Å². The van der Waals surface area contributed by atoms with Crippen molar-refractivity contribution in [2.75, 3.05) is 13.1 Å². The summed E-state index contributed by atoms with van der Waals surface area (Å²) in [6.45, 7) is 12.1. The zero-order chi connectivity index (χ0) is 23.8. The number of nitrogens with one attached hydrogen (secondary N) is 1. The molecule has 0 spiro atoms. The predicted octanol–water partition coefficient (Wildman–Crippen LogP) is 5.86. The molecule has 0 aromatic rings. The van der Waals surface area contributed by atoms with Crippen molar-refractivity contribution >= 4 is 17.7 Å². The minimum absolute atomic E-state index is 0.298. The van der Waals surface area contributed by atoms with Crippen molar-refractivity contribution in [2.45, 2.75) is 118 Å². The second kappa shape index (κ2) is 12.3. The Morgan fingerprint density at radius 3 is 2.03 bits per heavy atom. The van der Waals surface area contributed by atoms with Crippen LogP contribution in [0.5, 0.6) is 0 Å². The molecule has 2 fully saturated rings. The monoisotopic (exact) mass is 448 g/mol. The molecular weight excluding hydrogens is 400 g/mol. The van der Waals surface area contributed by atoms with Gasteiger partial charge in [0, 0.05) is 6.92 Å². The van der Waals surface area contributed by atoms with Gasteiger partial charge in [-0.2, -0.15) is 0 Å². The molecule has 2 aliphatic rings. The molecule has 2 aliphatic heterocycles. The molecule has 0 aliphatic carbocycles. The van der Waals surface area contributed by atoms with Crippen LogP contribution in [0.2, 0.25) is 0 Å². The highest BCUT2D eigenvalue weighted by molar-refractivity contribution is 6.17. The lowest BCUT2D eigenvalue weighted by atomic mass is 9.77. The van der Waals surface area contributed by atoms with Gasteiger partial charge in [0.05, 0.1) is 11.3 Å². The van der Waals surface area contributed by atoms with Crippen LogP contribution in [-0.4, -0.2) is 35.7 Å². The third-order valence-electron chi connectivity index (χ3n) is 7.98. The quantitative estimate of drug-likeness (QED) is 0.283. The normalized spacial score (nSPS) is 22.0. The van der Waals surface area contributed by atoms with Gasteiger partial charge in [-0.15, -0.1) is 0 Å². The molecular formula is C27H48N2O3. The fourth-order valence-electron chi connectivity index (χ4n) is 5.60. The van der Waals surface area contributed by atoms with E-state index in [1.807, 2.05) is 0 Å². The Kier molecular flexibility index (Phi) is 10.4. The van der Waals surface area contributed by atoms with E-state index in [9.17, 15) is 14.4 Å². The van der Waals surface area contributed by atoms with E-state index >= 15 is 0 Å². The minimum Gasteiger partial charge on any atom is -0.317 e. The summed E-state index contributed by atoms with van der Waals surface area (Å²) in [5.74, 6) is -0.494. The van der Waals surface area contributed by atoms with Gasteiger partial charge in [-0.1, -0.05) is 79.1 Å². The van der Waals surface area contributed by atoms with Gasteiger partial charge in [0.25, 0.3) is 0 Å². The molecule has 0 aromatic heterocycles. The predicted molar refractivity (Wildman–Crippen MR) is 130 cm³/mol. The van der Waals surface area contributed by atoms with Crippen LogP contribution in [0.4, 0.5) is 0 Å². The van der Waals surface area contributed by atoms with Crippen molar-refractivity contribution in [3.8, 4) is 0 Å². The Bertz CT molecular complexity index is 635. The van der Waals surface area contributed by atoms with Gasteiger partial charge in [-0.25, -0.2) is 4.90 Å². The summed E-state index contributed by atoms with van der Waals surface area (Å²) in [5.41, 5.74) is -0.394. The number of rotatable bonds is 13. The third kappa shape index (κ3) is 7.67. The van der Waals surface area contributed by atoms with Crippen molar-refractivity contribution in [1.29, 1.82) is 0 Å². The molecule has 1 atom stereocenters. The molecule has 0 aromatic carbocycles. The second-order valence-corrected chi connectivity index (χ2v) is 11.7. The molecule has 32 heavy (non-hydrogen) atoms. The number of amides is 3. The maximum absolute atomic E-state index is 12.6. The minimum atomic E-state index is -0.768. The number of likely N-dealkylation sites (tertiary alicyclic amines) is 1. The maximum atomic E-state index is 12.6. The lowest BCUT2D eigenvalue weighted by molar-refractivity contribution is -0.150. The van der Waals surface area contributed by atoms with Crippen molar-refractivity contribution in [3.05, 3.63) is 0 Å². The standard InChI is InChI=1S/C27H48N2O3/c1-21(30)29-24(31)23(27(4,5)25(29)32)14-10-8-12-18-26(2,3)17-11-7-6-9-13-22-15-19-28-20-16-22/h22-23,28H,6-20H2,1-5H3. The first-order valence-electron chi connectivity index (χ1n) is 13.2. The van der Waals surface area contributed by atoms with Gasteiger partial charge in [0.15, 0.2) is 0 Å². The largest absolute Gasteiger partial charge is 0.317 e. The first-order valence-corrected chi connectivity index (χ1v) is 13.2. The van der Waals surface area contributed by atoms with E-state index < -0.39 is 11.3 Å². The molecule has 2 heterocycles. The summed E-state index contributed by atoms with van der Waals surface area (Å²) < 4.78 is 0. The van der Waals surface area contributed by atoms with Gasteiger partial charge in [0.1, 0.15) is 0 Å². The van der Waals surface area contributed by atoms with Crippen molar-refractivity contribution in [2.24, 2.45) is 22.7 Å². The molecule has 2 rings (SSSR count). The Morgan fingerprint density at radius 1 is 0.938 bits per heavy atom. The molecule has 2 saturated heterocycles. The molecule has 0 saturated carbocycles. The highest BCUT2D eigenvalue weighted by atomic mass is 16.2.